The molecule has 1 aromatic rings. The summed E-state index contributed by atoms with van der Waals surface area (Å²) in [6.07, 6.45) is 3.28. The Morgan fingerprint density at radius 1 is 1.38 bits per heavy atom. The minimum Gasteiger partial charge on any atom is -0.360 e. The second-order valence-corrected chi connectivity index (χ2v) is 5.39. The van der Waals surface area contributed by atoms with Crippen LogP contribution in [0.25, 0.3) is 0 Å². The first-order chi connectivity index (χ1) is 7.71. The Hall–Kier alpha value is -0.280. The zero-order chi connectivity index (χ0) is 12.0. The Morgan fingerprint density at radius 3 is 2.56 bits per heavy atom. The van der Waals surface area contributed by atoms with Crippen LogP contribution >= 0.6 is 22.9 Å². The highest BCUT2D eigenvalue weighted by molar-refractivity contribution is 7.13. The van der Waals surface area contributed by atoms with Gasteiger partial charge < -0.3 is 5.32 Å². The molecule has 0 amide bonds. The Balaban J connectivity index is 2.38. The van der Waals surface area contributed by atoms with E-state index < -0.39 is 0 Å². The molecule has 1 N–H and O–H groups in total. The average Bonchev–Trinajstić information content (AvgIpc) is 2.76. The third kappa shape index (κ3) is 3.95. The van der Waals surface area contributed by atoms with Crippen LogP contribution in [0.1, 0.15) is 39.3 Å². The molecule has 0 aliphatic heterocycles. The lowest BCUT2D eigenvalue weighted by atomic mass is 9.99. The van der Waals surface area contributed by atoms with Crippen molar-refractivity contribution < 1.29 is 0 Å². The van der Waals surface area contributed by atoms with Gasteiger partial charge in [0, 0.05) is 11.9 Å². The fourth-order valence-corrected chi connectivity index (χ4v) is 2.94. The lowest BCUT2D eigenvalue weighted by Gasteiger charge is -2.19. The molecule has 0 saturated carbocycles. The molecule has 16 heavy (non-hydrogen) atoms. The Bertz CT molecular complexity index is 297. The molecule has 92 valence electrons. The van der Waals surface area contributed by atoms with E-state index in [1.807, 2.05) is 0 Å². The van der Waals surface area contributed by atoms with Crippen LogP contribution < -0.4 is 5.32 Å². The highest BCUT2D eigenvalue weighted by atomic mass is 35.5. The van der Waals surface area contributed by atoms with Crippen molar-refractivity contribution in [3.63, 3.8) is 0 Å². The number of hydrogen-bond donors (Lipinski definition) is 1. The largest absolute Gasteiger partial charge is 0.360 e. The zero-order valence-corrected chi connectivity index (χ0v) is 11.9. The second kappa shape index (κ2) is 7.13. The van der Waals surface area contributed by atoms with Gasteiger partial charge in [-0.15, -0.1) is 22.9 Å². The van der Waals surface area contributed by atoms with E-state index in [1.54, 1.807) is 11.3 Å². The lowest BCUT2D eigenvalue weighted by molar-refractivity contribution is 0.475. The monoisotopic (exact) mass is 260 g/mol. The molecule has 0 bridgehead atoms. The quantitative estimate of drug-likeness (QED) is 0.745. The minimum absolute atomic E-state index is 0.198. The van der Waals surface area contributed by atoms with Crippen molar-refractivity contribution in [3.05, 3.63) is 11.1 Å². The van der Waals surface area contributed by atoms with Crippen LogP contribution in [0.4, 0.5) is 5.13 Å². The number of hydrogen-bond acceptors (Lipinski definition) is 3. The van der Waals surface area contributed by atoms with Crippen molar-refractivity contribution in [3.8, 4) is 0 Å². The number of thiazole rings is 1. The van der Waals surface area contributed by atoms with E-state index in [-0.39, 0.29) is 5.38 Å². The number of halogens is 1. The van der Waals surface area contributed by atoms with Gasteiger partial charge in [-0.05, 0) is 12.3 Å². The minimum atomic E-state index is 0.198. The molecule has 2 nitrogen and oxygen atoms in total. The van der Waals surface area contributed by atoms with Gasteiger partial charge in [-0.1, -0.05) is 33.6 Å². The van der Waals surface area contributed by atoms with Crippen LogP contribution in [0.15, 0.2) is 5.38 Å². The normalized spacial score (nSPS) is 13.1. The Labute approximate surface area is 107 Å². The summed E-state index contributed by atoms with van der Waals surface area (Å²) in [6, 6.07) is 0. The fraction of sp³-hybridized carbons (Fsp3) is 0.750. The second-order valence-electron chi connectivity index (χ2n) is 3.97. The number of nitrogens with zero attached hydrogens (tertiary/aromatic N) is 1. The molecule has 0 aromatic carbocycles. The molecule has 1 heterocycles. The van der Waals surface area contributed by atoms with E-state index in [4.69, 9.17) is 11.6 Å². The number of aromatic nitrogens is 1. The zero-order valence-electron chi connectivity index (χ0n) is 10.3. The summed E-state index contributed by atoms with van der Waals surface area (Å²) < 4.78 is 0. The standard InChI is InChI=1S/C12H21ClN2S/c1-4-9(5-2)11(13)7-14-12-15-10(6-3)8-16-12/h8-9,11H,4-7H2,1-3H3,(H,14,15). The summed E-state index contributed by atoms with van der Waals surface area (Å²) in [6.45, 7) is 7.32. The summed E-state index contributed by atoms with van der Waals surface area (Å²) >= 11 is 8.01. The Morgan fingerprint density at radius 2 is 2.06 bits per heavy atom. The van der Waals surface area contributed by atoms with Crippen molar-refractivity contribution in [1.82, 2.24) is 4.98 Å². The van der Waals surface area contributed by atoms with Crippen LogP contribution in [0.3, 0.4) is 0 Å². The summed E-state index contributed by atoms with van der Waals surface area (Å²) in [5.41, 5.74) is 1.15. The summed E-state index contributed by atoms with van der Waals surface area (Å²) in [5.74, 6) is 0.597. The molecule has 0 radical (unpaired) electrons. The highest BCUT2D eigenvalue weighted by Crippen LogP contribution is 2.21. The lowest BCUT2D eigenvalue weighted by Crippen LogP contribution is -2.22. The van der Waals surface area contributed by atoms with Crippen LogP contribution in [0, 0.1) is 5.92 Å². The van der Waals surface area contributed by atoms with Gasteiger partial charge in [0.2, 0.25) is 0 Å². The van der Waals surface area contributed by atoms with Gasteiger partial charge in [0.1, 0.15) is 0 Å². The SMILES string of the molecule is CCc1csc(NCC(Cl)C(CC)CC)n1. The number of anilines is 1. The van der Waals surface area contributed by atoms with Crippen molar-refractivity contribution in [2.75, 3.05) is 11.9 Å². The molecule has 0 aliphatic carbocycles. The van der Waals surface area contributed by atoms with Gasteiger partial charge in [0.05, 0.1) is 11.1 Å². The summed E-state index contributed by atoms with van der Waals surface area (Å²) in [5, 5.41) is 6.62. The number of rotatable bonds is 7. The van der Waals surface area contributed by atoms with Crippen LogP contribution in [0.5, 0.6) is 0 Å². The van der Waals surface area contributed by atoms with Crippen LogP contribution in [-0.2, 0) is 6.42 Å². The molecule has 4 heteroatoms. The van der Waals surface area contributed by atoms with Gasteiger partial charge in [-0.2, -0.15) is 0 Å². The average molecular weight is 261 g/mol. The summed E-state index contributed by atoms with van der Waals surface area (Å²) in [7, 11) is 0. The van der Waals surface area contributed by atoms with E-state index in [1.165, 1.54) is 0 Å². The number of aryl methyl sites for hydroxylation is 1. The molecule has 1 unspecified atom stereocenters. The molecule has 0 saturated heterocycles. The Kier molecular flexibility index (Phi) is 6.14. The van der Waals surface area contributed by atoms with Crippen molar-refractivity contribution in [1.29, 1.82) is 0 Å². The van der Waals surface area contributed by atoms with Crippen LogP contribution in [-0.4, -0.2) is 16.9 Å². The third-order valence-corrected chi connectivity index (χ3v) is 4.28. The van der Waals surface area contributed by atoms with E-state index in [2.05, 4.69) is 36.5 Å². The molecular weight excluding hydrogens is 240 g/mol. The van der Waals surface area contributed by atoms with E-state index in [0.29, 0.717) is 5.92 Å². The van der Waals surface area contributed by atoms with Crippen molar-refractivity contribution in [2.24, 2.45) is 5.92 Å². The van der Waals surface area contributed by atoms with Gasteiger partial charge in [-0.25, -0.2) is 4.98 Å². The van der Waals surface area contributed by atoms with Gasteiger partial charge in [0.15, 0.2) is 5.13 Å². The number of nitrogens with one attached hydrogen (secondary N) is 1. The van der Waals surface area contributed by atoms with E-state index >= 15 is 0 Å². The maximum atomic E-state index is 6.35. The maximum Gasteiger partial charge on any atom is 0.182 e. The molecule has 1 atom stereocenters. The first kappa shape index (κ1) is 13.8. The predicted octanol–water partition coefficient (Wildman–Crippen LogP) is 4.16. The van der Waals surface area contributed by atoms with Crippen molar-refractivity contribution >= 4 is 28.1 Å². The predicted molar refractivity (Wildman–Crippen MR) is 73.7 cm³/mol. The van der Waals surface area contributed by atoms with E-state index in [9.17, 15) is 0 Å². The highest BCUT2D eigenvalue weighted by Gasteiger charge is 2.15. The van der Waals surface area contributed by atoms with Crippen molar-refractivity contribution in [2.45, 2.75) is 45.4 Å². The molecule has 1 rings (SSSR count). The third-order valence-electron chi connectivity index (χ3n) is 2.92. The van der Waals surface area contributed by atoms with Gasteiger partial charge in [0.25, 0.3) is 0 Å². The smallest absolute Gasteiger partial charge is 0.182 e. The molecular formula is C12H21ClN2S. The number of alkyl halides is 1. The van der Waals surface area contributed by atoms with Gasteiger partial charge >= 0.3 is 0 Å². The first-order valence-corrected chi connectivity index (χ1v) is 7.35. The molecule has 0 spiro atoms. The molecule has 0 fully saturated rings. The van der Waals surface area contributed by atoms with E-state index in [0.717, 1.165) is 36.6 Å². The molecule has 1 aromatic heterocycles. The van der Waals surface area contributed by atoms with Gasteiger partial charge in [-0.3, -0.25) is 0 Å². The summed E-state index contributed by atoms with van der Waals surface area (Å²) in [4.78, 5) is 4.46. The fourth-order valence-electron chi connectivity index (χ4n) is 1.70. The molecule has 0 aliphatic rings. The van der Waals surface area contributed by atoms with Crippen LogP contribution in [0.2, 0.25) is 0 Å². The maximum absolute atomic E-state index is 6.35. The topological polar surface area (TPSA) is 24.9 Å². The first-order valence-electron chi connectivity index (χ1n) is 6.03.